The molecular weight excluding hydrogens is 322 g/mol. The van der Waals surface area contributed by atoms with Gasteiger partial charge in [0, 0.05) is 16.5 Å². The summed E-state index contributed by atoms with van der Waals surface area (Å²) < 4.78 is 12.5. The summed E-state index contributed by atoms with van der Waals surface area (Å²) in [5.41, 5.74) is 4.90. The Hall–Kier alpha value is -3.33. The standard InChI is InChI=1S/C23H15NO2/c1-12-15-8-4-3-7-14(15)11-17-20-19-22(26-21(12)17)13(2)25-23(19)16-9-5-6-10-18(16)24-20/h3-11H,1-2H3. The molecule has 1 aliphatic rings. The Bertz CT molecular complexity index is 1380. The molecule has 0 saturated carbocycles. The number of hydrogen-bond donors (Lipinski definition) is 0. The van der Waals surface area contributed by atoms with E-state index in [1.165, 1.54) is 10.8 Å². The summed E-state index contributed by atoms with van der Waals surface area (Å²) in [6.45, 7) is 4.06. The minimum atomic E-state index is 0.789. The fourth-order valence-corrected chi connectivity index (χ4v) is 4.11. The van der Waals surface area contributed by atoms with Gasteiger partial charge in [0.25, 0.3) is 0 Å². The second kappa shape index (κ2) is 4.64. The number of nitrogens with zero attached hydrogens (tertiary/aromatic N) is 1. The van der Waals surface area contributed by atoms with E-state index in [-0.39, 0.29) is 0 Å². The number of benzene rings is 3. The Morgan fingerprint density at radius 1 is 0.846 bits per heavy atom. The Morgan fingerprint density at radius 3 is 2.50 bits per heavy atom. The second-order valence-corrected chi connectivity index (χ2v) is 6.87. The summed E-state index contributed by atoms with van der Waals surface area (Å²) in [6.07, 6.45) is 0. The summed E-state index contributed by atoms with van der Waals surface area (Å²) in [5, 5.41) is 4.39. The Kier molecular flexibility index (Phi) is 2.48. The van der Waals surface area contributed by atoms with Crippen molar-refractivity contribution in [1.82, 2.24) is 4.98 Å². The molecule has 0 atom stereocenters. The van der Waals surface area contributed by atoms with E-state index in [1.807, 2.05) is 25.1 Å². The van der Waals surface area contributed by atoms with Crippen molar-refractivity contribution >= 4 is 32.6 Å². The third-order valence-corrected chi connectivity index (χ3v) is 5.36. The third kappa shape index (κ3) is 1.60. The predicted molar refractivity (Wildman–Crippen MR) is 104 cm³/mol. The number of rotatable bonds is 0. The molecule has 0 fully saturated rings. The van der Waals surface area contributed by atoms with E-state index in [9.17, 15) is 0 Å². The van der Waals surface area contributed by atoms with Crippen LogP contribution in [-0.4, -0.2) is 4.98 Å². The first-order chi connectivity index (χ1) is 12.7. The predicted octanol–water partition coefficient (Wildman–Crippen LogP) is 6.52. The van der Waals surface area contributed by atoms with Crippen LogP contribution >= 0.6 is 0 Å². The van der Waals surface area contributed by atoms with Crippen LogP contribution < -0.4 is 4.74 Å². The van der Waals surface area contributed by atoms with Crippen LogP contribution in [0.3, 0.4) is 0 Å². The average molecular weight is 337 g/mol. The Labute approximate surface area is 149 Å². The first-order valence-electron chi connectivity index (χ1n) is 8.75. The maximum Gasteiger partial charge on any atom is 0.178 e. The van der Waals surface area contributed by atoms with Crippen LogP contribution in [-0.2, 0) is 0 Å². The van der Waals surface area contributed by atoms with Crippen LogP contribution in [0, 0.1) is 13.8 Å². The van der Waals surface area contributed by atoms with E-state index >= 15 is 0 Å². The van der Waals surface area contributed by atoms with Crippen LogP contribution in [0.15, 0.2) is 59.0 Å². The molecule has 0 unspecified atom stereocenters. The van der Waals surface area contributed by atoms with Gasteiger partial charge in [0.05, 0.1) is 16.6 Å². The number of para-hydroxylation sites is 1. The van der Waals surface area contributed by atoms with Crippen molar-refractivity contribution < 1.29 is 9.15 Å². The molecule has 0 bridgehead atoms. The third-order valence-electron chi connectivity index (χ3n) is 5.36. The zero-order chi connectivity index (χ0) is 17.4. The van der Waals surface area contributed by atoms with Gasteiger partial charge in [-0.1, -0.05) is 36.4 Å². The fraction of sp³-hybridized carbons (Fsp3) is 0.0870. The molecule has 0 amide bonds. The highest BCUT2D eigenvalue weighted by Crippen LogP contribution is 2.52. The monoisotopic (exact) mass is 337 g/mol. The lowest BCUT2D eigenvalue weighted by molar-refractivity contribution is 0.457. The molecule has 5 aromatic rings. The van der Waals surface area contributed by atoms with Crippen LogP contribution in [0.4, 0.5) is 0 Å². The van der Waals surface area contributed by atoms with Gasteiger partial charge in [0.2, 0.25) is 0 Å². The smallest absolute Gasteiger partial charge is 0.178 e. The van der Waals surface area contributed by atoms with Crippen molar-refractivity contribution in [3.8, 4) is 22.8 Å². The molecule has 3 heterocycles. The summed E-state index contributed by atoms with van der Waals surface area (Å²) in [6, 6.07) is 18.7. The van der Waals surface area contributed by atoms with Gasteiger partial charge in [-0.05, 0) is 42.8 Å². The molecule has 0 saturated heterocycles. The minimum Gasteiger partial charge on any atom is -0.457 e. The maximum absolute atomic E-state index is 6.37. The summed E-state index contributed by atoms with van der Waals surface area (Å²) in [5.74, 6) is 2.46. The SMILES string of the molecule is Cc1oc2c3c(nc4ccccc42)-c2cc4ccccc4c(C)c2Oc13. The molecule has 124 valence electrons. The van der Waals surface area contributed by atoms with Crippen LogP contribution in [0.1, 0.15) is 11.3 Å². The lowest BCUT2D eigenvalue weighted by Crippen LogP contribution is -2.00. The zero-order valence-corrected chi connectivity index (χ0v) is 14.5. The zero-order valence-electron chi connectivity index (χ0n) is 14.5. The highest BCUT2D eigenvalue weighted by Gasteiger charge is 2.29. The second-order valence-electron chi connectivity index (χ2n) is 6.87. The molecule has 26 heavy (non-hydrogen) atoms. The number of aromatic nitrogens is 1. The normalized spacial score (nSPS) is 12.5. The van der Waals surface area contributed by atoms with Gasteiger partial charge in [-0.2, -0.15) is 0 Å². The lowest BCUT2D eigenvalue weighted by Gasteiger charge is -2.21. The van der Waals surface area contributed by atoms with E-state index in [2.05, 4.69) is 43.3 Å². The molecule has 3 nitrogen and oxygen atoms in total. The fourth-order valence-electron chi connectivity index (χ4n) is 4.11. The van der Waals surface area contributed by atoms with Crippen molar-refractivity contribution in [2.45, 2.75) is 13.8 Å². The molecule has 3 heteroatoms. The molecular formula is C23H15NO2. The molecule has 6 rings (SSSR count). The van der Waals surface area contributed by atoms with Crippen LogP contribution in [0.25, 0.3) is 43.9 Å². The quantitative estimate of drug-likeness (QED) is 0.316. The van der Waals surface area contributed by atoms with E-state index in [0.29, 0.717) is 0 Å². The van der Waals surface area contributed by atoms with Crippen molar-refractivity contribution in [2.24, 2.45) is 0 Å². The van der Waals surface area contributed by atoms with Crippen molar-refractivity contribution in [3.63, 3.8) is 0 Å². The molecule has 0 N–H and O–H groups in total. The van der Waals surface area contributed by atoms with Gasteiger partial charge >= 0.3 is 0 Å². The highest BCUT2D eigenvalue weighted by atomic mass is 16.5. The van der Waals surface area contributed by atoms with E-state index < -0.39 is 0 Å². The van der Waals surface area contributed by atoms with Crippen LogP contribution in [0.2, 0.25) is 0 Å². The number of hydrogen-bond acceptors (Lipinski definition) is 3. The molecule has 0 radical (unpaired) electrons. The number of ether oxygens (including phenoxy) is 1. The van der Waals surface area contributed by atoms with E-state index in [1.54, 1.807) is 0 Å². The van der Waals surface area contributed by atoms with Crippen molar-refractivity contribution in [1.29, 1.82) is 0 Å². The maximum atomic E-state index is 6.37. The molecule has 2 aromatic heterocycles. The molecule has 0 aliphatic carbocycles. The Balaban J connectivity index is 1.85. The number of fused-ring (bicyclic) bond motifs is 5. The van der Waals surface area contributed by atoms with Gasteiger partial charge < -0.3 is 9.15 Å². The first-order valence-corrected chi connectivity index (χ1v) is 8.75. The van der Waals surface area contributed by atoms with Gasteiger partial charge in [0.15, 0.2) is 5.75 Å². The van der Waals surface area contributed by atoms with Gasteiger partial charge in [0.1, 0.15) is 17.1 Å². The van der Waals surface area contributed by atoms with E-state index in [4.69, 9.17) is 14.1 Å². The van der Waals surface area contributed by atoms with Crippen molar-refractivity contribution in [3.05, 3.63) is 65.9 Å². The molecule has 3 aromatic carbocycles. The van der Waals surface area contributed by atoms with Gasteiger partial charge in [-0.15, -0.1) is 0 Å². The highest BCUT2D eigenvalue weighted by molar-refractivity contribution is 6.13. The largest absolute Gasteiger partial charge is 0.457 e. The molecule has 0 spiro atoms. The van der Waals surface area contributed by atoms with Gasteiger partial charge in [-0.25, -0.2) is 4.98 Å². The molecule has 1 aliphatic heterocycles. The van der Waals surface area contributed by atoms with Crippen LogP contribution in [0.5, 0.6) is 11.5 Å². The number of pyridine rings is 1. The number of furan rings is 1. The average Bonchev–Trinajstić information content (AvgIpc) is 3.00. The summed E-state index contributed by atoms with van der Waals surface area (Å²) in [4.78, 5) is 5.00. The van der Waals surface area contributed by atoms with Gasteiger partial charge in [-0.3, -0.25) is 0 Å². The minimum absolute atomic E-state index is 0.789. The van der Waals surface area contributed by atoms with Crippen molar-refractivity contribution in [2.75, 3.05) is 0 Å². The first kappa shape index (κ1) is 13.9. The Morgan fingerprint density at radius 2 is 1.62 bits per heavy atom. The van der Waals surface area contributed by atoms with E-state index in [0.717, 1.165) is 56.0 Å². The number of aryl methyl sites for hydroxylation is 2. The lowest BCUT2D eigenvalue weighted by atomic mass is 9.94. The summed E-state index contributed by atoms with van der Waals surface area (Å²) in [7, 11) is 0. The summed E-state index contributed by atoms with van der Waals surface area (Å²) >= 11 is 0. The topological polar surface area (TPSA) is 35.3 Å².